The number of amides is 1. The molecule has 0 spiro atoms. The summed E-state index contributed by atoms with van der Waals surface area (Å²) in [6, 6.07) is 9.68. The van der Waals surface area contributed by atoms with Crippen molar-refractivity contribution in [3.05, 3.63) is 51.6 Å². The van der Waals surface area contributed by atoms with Crippen LogP contribution in [0.2, 0.25) is 10.0 Å². The molecule has 9 heteroatoms. The average Bonchev–Trinajstić information content (AvgIpc) is 2.64. The smallest absolute Gasteiger partial charge is 0.347 e. The number of ether oxygens (including phenoxy) is 2. The zero-order chi connectivity index (χ0) is 20.0. The van der Waals surface area contributed by atoms with Crippen LogP contribution in [0.4, 0.5) is 5.82 Å². The maximum Gasteiger partial charge on any atom is 0.347 e. The van der Waals surface area contributed by atoms with E-state index in [0.717, 1.165) is 0 Å². The van der Waals surface area contributed by atoms with Gasteiger partial charge >= 0.3 is 5.97 Å². The molecule has 0 saturated heterocycles. The molecule has 0 saturated carbocycles. The van der Waals surface area contributed by atoms with Crippen LogP contribution < -0.4 is 10.1 Å². The first kappa shape index (κ1) is 20.5. The number of carbonyl (C=O) groups excluding carboxylic acids is 2. The van der Waals surface area contributed by atoms with Crippen molar-refractivity contribution < 1.29 is 19.1 Å². The zero-order valence-corrected chi connectivity index (χ0v) is 16.0. The molecule has 0 unspecified atom stereocenters. The third-order valence-corrected chi connectivity index (χ3v) is 4.01. The number of nitrogens with zero attached hydrogens (tertiary/aromatic N) is 2. The van der Waals surface area contributed by atoms with Crippen molar-refractivity contribution in [2.24, 2.45) is 0 Å². The summed E-state index contributed by atoms with van der Waals surface area (Å²) in [7, 11) is 0. The van der Waals surface area contributed by atoms with Crippen LogP contribution in [0.25, 0.3) is 0 Å². The van der Waals surface area contributed by atoms with Gasteiger partial charge < -0.3 is 14.8 Å². The minimum atomic E-state index is -0.940. The lowest BCUT2D eigenvalue weighted by Crippen LogP contribution is -2.30. The second-order valence-electron chi connectivity index (χ2n) is 5.44. The first-order valence-corrected chi connectivity index (χ1v) is 8.51. The number of esters is 1. The predicted octanol–water partition coefficient (Wildman–Crippen LogP) is 3.52. The molecule has 140 valence electrons. The van der Waals surface area contributed by atoms with E-state index >= 15 is 0 Å². The summed E-state index contributed by atoms with van der Waals surface area (Å²) in [5.74, 6) is -0.803. The van der Waals surface area contributed by atoms with Crippen LogP contribution in [0.15, 0.2) is 30.3 Å². The van der Waals surface area contributed by atoms with Gasteiger partial charge in [-0.3, -0.25) is 4.79 Å². The Bertz CT molecular complexity index is 895. The van der Waals surface area contributed by atoms with Crippen molar-refractivity contribution in [1.82, 2.24) is 4.98 Å². The lowest BCUT2D eigenvalue weighted by Gasteiger charge is -2.14. The van der Waals surface area contributed by atoms with E-state index in [-0.39, 0.29) is 10.8 Å². The highest BCUT2D eigenvalue weighted by Gasteiger charge is 2.18. The van der Waals surface area contributed by atoms with Gasteiger partial charge in [-0.05, 0) is 44.2 Å². The van der Waals surface area contributed by atoms with Crippen molar-refractivity contribution in [1.29, 1.82) is 5.26 Å². The quantitative estimate of drug-likeness (QED) is 0.734. The summed E-state index contributed by atoms with van der Waals surface area (Å²) in [6.45, 7) is 2.62. The normalized spacial score (nSPS) is 11.2. The molecule has 0 fully saturated rings. The summed E-state index contributed by atoms with van der Waals surface area (Å²) < 4.78 is 10.3. The van der Waals surface area contributed by atoms with E-state index in [0.29, 0.717) is 22.0 Å². The van der Waals surface area contributed by atoms with E-state index < -0.39 is 24.6 Å². The van der Waals surface area contributed by atoms with Crippen molar-refractivity contribution in [3.8, 4) is 11.8 Å². The minimum absolute atomic E-state index is 0.126. The zero-order valence-electron chi connectivity index (χ0n) is 14.5. The number of aryl methyl sites for hydroxylation is 1. The third kappa shape index (κ3) is 5.84. The summed E-state index contributed by atoms with van der Waals surface area (Å²) in [5.41, 5.74) is 0.969. The van der Waals surface area contributed by atoms with Crippen LogP contribution in [0.1, 0.15) is 18.2 Å². The van der Waals surface area contributed by atoms with Crippen molar-refractivity contribution in [2.75, 3.05) is 11.9 Å². The molecular formula is C18H15Cl2N3O4. The molecule has 1 amide bonds. The number of rotatable bonds is 6. The van der Waals surface area contributed by atoms with Gasteiger partial charge in [0.1, 0.15) is 5.75 Å². The van der Waals surface area contributed by atoms with Gasteiger partial charge in [0.2, 0.25) is 0 Å². The lowest BCUT2D eigenvalue weighted by atomic mass is 10.2. The number of hydrogen-bond donors (Lipinski definition) is 1. The maximum atomic E-state index is 12.0. The number of halogens is 2. The van der Waals surface area contributed by atoms with Gasteiger partial charge in [-0.2, -0.15) is 5.26 Å². The molecule has 1 aromatic carbocycles. The summed E-state index contributed by atoms with van der Waals surface area (Å²) >= 11 is 11.8. The molecule has 1 atom stereocenters. The van der Waals surface area contributed by atoms with E-state index in [1.165, 1.54) is 13.0 Å². The average molecular weight is 408 g/mol. The Balaban J connectivity index is 1.86. The standard InChI is InChI=1S/C18H15Cl2N3O4/c1-10-14(19)7-15(20)17(22-10)23-16(24)9-26-18(25)11(2)27-13-5-3-12(8-21)4-6-13/h3-7,11H,9H2,1-2H3,(H,22,23,24)/t11-/m0/s1. The molecule has 0 radical (unpaired) electrons. The SMILES string of the molecule is Cc1nc(NC(=O)COC(=O)[C@H](C)Oc2ccc(C#N)cc2)c(Cl)cc1Cl. The monoisotopic (exact) mass is 407 g/mol. The molecule has 0 aliphatic carbocycles. The number of pyridine rings is 1. The number of carbonyl (C=O) groups is 2. The Morgan fingerprint density at radius 1 is 1.26 bits per heavy atom. The van der Waals surface area contributed by atoms with Crippen LogP contribution in [0.3, 0.4) is 0 Å². The van der Waals surface area contributed by atoms with E-state index in [1.54, 1.807) is 31.2 Å². The Morgan fingerprint density at radius 2 is 1.93 bits per heavy atom. The van der Waals surface area contributed by atoms with Crippen molar-refractivity contribution >= 4 is 40.9 Å². The van der Waals surface area contributed by atoms with Gasteiger partial charge in [0, 0.05) is 0 Å². The molecule has 2 aromatic rings. The van der Waals surface area contributed by atoms with Gasteiger partial charge in [-0.15, -0.1) is 0 Å². The van der Waals surface area contributed by atoms with Crippen LogP contribution in [0, 0.1) is 18.3 Å². The van der Waals surface area contributed by atoms with Crippen molar-refractivity contribution in [2.45, 2.75) is 20.0 Å². The molecule has 7 nitrogen and oxygen atoms in total. The number of nitriles is 1. The Hall–Kier alpha value is -2.82. The Kier molecular flexibility index (Phi) is 6.99. The third-order valence-electron chi connectivity index (χ3n) is 3.34. The number of aromatic nitrogens is 1. The molecule has 0 bridgehead atoms. The van der Waals surface area contributed by atoms with Gasteiger partial charge in [0.15, 0.2) is 18.5 Å². The fourth-order valence-electron chi connectivity index (χ4n) is 1.93. The molecule has 1 N–H and O–H groups in total. The second-order valence-corrected chi connectivity index (χ2v) is 6.25. The largest absolute Gasteiger partial charge is 0.479 e. The fourth-order valence-corrected chi connectivity index (χ4v) is 2.33. The minimum Gasteiger partial charge on any atom is -0.479 e. The maximum absolute atomic E-state index is 12.0. The van der Waals surface area contributed by atoms with Crippen LogP contribution in [0.5, 0.6) is 5.75 Å². The molecule has 0 aliphatic rings. The molecule has 1 aromatic heterocycles. The van der Waals surface area contributed by atoms with E-state index in [1.807, 2.05) is 6.07 Å². The number of nitrogens with one attached hydrogen (secondary N) is 1. The lowest BCUT2D eigenvalue weighted by molar-refractivity contribution is -0.153. The Morgan fingerprint density at radius 3 is 2.56 bits per heavy atom. The number of benzene rings is 1. The summed E-state index contributed by atoms with van der Waals surface area (Å²) in [4.78, 5) is 27.9. The number of hydrogen-bond acceptors (Lipinski definition) is 6. The van der Waals surface area contributed by atoms with Gasteiger partial charge in [0.25, 0.3) is 5.91 Å². The van der Waals surface area contributed by atoms with Gasteiger partial charge in [-0.1, -0.05) is 23.2 Å². The molecular weight excluding hydrogens is 393 g/mol. The van der Waals surface area contributed by atoms with E-state index in [2.05, 4.69) is 10.3 Å². The van der Waals surface area contributed by atoms with E-state index in [4.69, 9.17) is 37.9 Å². The molecule has 1 heterocycles. The highest BCUT2D eigenvalue weighted by Crippen LogP contribution is 2.25. The van der Waals surface area contributed by atoms with Crippen LogP contribution in [-0.2, 0) is 14.3 Å². The van der Waals surface area contributed by atoms with Gasteiger partial charge in [0.05, 0.1) is 27.4 Å². The first-order valence-electron chi connectivity index (χ1n) is 7.76. The second kappa shape index (κ2) is 9.21. The number of anilines is 1. The summed E-state index contributed by atoms with van der Waals surface area (Å²) in [6.07, 6.45) is -0.940. The van der Waals surface area contributed by atoms with Crippen LogP contribution in [-0.4, -0.2) is 29.6 Å². The van der Waals surface area contributed by atoms with E-state index in [9.17, 15) is 9.59 Å². The molecule has 0 aliphatic heterocycles. The highest BCUT2D eigenvalue weighted by atomic mass is 35.5. The fraction of sp³-hybridized carbons (Fsp3) is 0.222. The molecule has 2 rings (SSSR count). The first-order chi connectivity index (χ1) is 12.8. The topological polar surface area (TPSA) is 101 Å². The molecule has 27 heavy (non-hydrogen) atoms. The predicted molar refractivity (Wildman–Crippen MR) is 99.8 cm³/mol. The highest BCUT2D eigenvalue weighted by molar-refractivity contribution is 6.36. The van der Waals surface area contributed by atoms with Crippen molar-refractivity contribution in [3.63, 3.8) is 0 Å². The van der Waals surface area contributed by atoms with Gasteiger partial charge in [-0.25, -0.2) is 9.78 Å². The Labute approximate surface area is 165 Å². The summed E-state index contributed by atoms with van der Waals surface area (Å²) in [5, 5.41) is 11.7. The van der Waals surface area contributed by atoms with Crippen LogP contribution >= 0.6 is 23.2 Å².